The van der Waals surface area contributed by atoms with Crippen LogP contribution in [0, 0.1) is 0 Å². The lowest BCUT2D eigenvalue weighted by Gasteiger charge is -2.34. The van der Waals surface area contributed by atoms with Gasteiger partial charge in [0, 0.05) is 47.7 Å². The highest BCUT2D eigenvalue weighted by Gasteiger charge is 2.21. The van der Waals surface area contributed by atoms with E-state index in [9.17, 15) is 9.59 Å². The van der Waals surface area contributed by atoms with Gasteiger partial charge < -0.3 is 4.90 Å². The number of piperazine rings is 1. The number of hydrogen-bond donors (Lipinski definition) is 2. The number of hydrogen-bond acceptors (Lipinski definition) is 6. The second-order valence-corrected chi connectivity index (χ2v) is 8.43. The summed E-state index contributed by atoms with van der Waals surface area (Å²) in [6.45, 7) is 3.32. The van der Waals surface area contributed by atoms with Gasteiger partial charge in [-0.3, -0.25) is 25.3 Å². The normalized spacial score (nSPS) is 14.3. The van der Waals surface area contributed by atoms with Crippen molar-refractivity contribution in [3.63, 3.8) is 0 Å². The van der Waals surface area contributed by atoms with Crippen LogP contribution in [0.25, 0.3) is 11.3 Å². The number of aromatic nitrogens is 1. The molecule has 2 amide bonds. The summed E-state index contributed by atoms with van der Waals surface area (Å²) in [5.74, 6) is -0.635. The average molecular weight is 456 g/mol. The SMILES string of the molecule is O=C(CN1CCN(c2nc(-c3ccccc3)cs2)CC1)NNC(=O)c1ccc(Cl)cc1. The highest BCUT2D eigenvalue weighted by atomic mass is 35.5. The number of benzene rings is 2. The van der Waals surface area contributed by atoms with Crippen molar-refractivity contribution in [3.8, 4) is 11.3 Å². The first kappa shape index (κ1) is 21.3. The van der Waals surface area contributed by atoms with Crippen molar-refractivity contribution < 1.29 is 9.59 Å². The number of anilines is 1. The molecule has 160 valence electrons. The third kappa shape index (κ3) is 5.61. The molecule has 4 rings (SSSR count). The summed E-state index contributed by atoms with van der Waals surface area (Å²) in [6.07, 6.45) is 0. The summed E-state index contributed by atoms with van der Waals surface area (Å²) < 4.78 is 0. The minimum atomic E-state index is -0.382. The highest BCUT2D eigenvalue weighted by molar-refractivity contribution is 7.14. The molecular formula is C22H22ClN5O2S. The maximum Gasteiger partial charge on any atom is 0.269 e. The molecule has 1 aromatic heterocycles. The molecule has 7 nitrogen and oxygen atoms in total. The molecule has 0 atom stereocenters. The predicted molar refractivity (Wildman–Crippen MR) is 123 cm³/mol. The van der Waals surface area contributed by atoms with Gasteiger partial charge >= 0.3 is 0 Å². The van der Waals surface area contributed by atoms with Crippen LogP contribution in [0.3, 0.4) is 0 Å². The van der Waals surface area contributed by atoms with Gasteiger partial charge in [-0.15, -0.1) is 11.3 Å². The largest absolute Gasteiger partial charge is 0.346 e. The molecule has 3 aromatic rings. The van der Waals surface area contributed by atoms with E-state index in [0.717, 1.165) is 42.6 Å². The Labute approximate surface area is 189 Å². The molecule has 0 bridgehead atoms. The van der Waals surface area contributed by atoms with Crippen LogP contribution in [0.2, 0.25) is 5.02 Å². The Morgan fingerprint density at radius 3 is 2.39 bits per heavy atom. The number of hydrazine groups is 1. The van der Waals surface area contributed by atoms with Crippen molar-refractivity contribution in [3.05, 3.63) is 70.6 Å². The Balaban J connectivity index is 1.22. The van der Waals surface area contributed by atoms with E-state index >= 15 is 0 Å². The number of carbonyl (C=O) groups excluding carboxylic acids is 2. The Morgan fingerprint density at radius 1 is 0.968 bits per heavy atom. The zero-order chi connectivity index (χ0) is 21.6. The third-order valence-corrected chi connectivity index (χ3v) is 6.15. The van der Waals surface area contributed by atoms with Gasteiger partial charge in [0.1, 0.15) is 0 Å². The van der Waals surface area contributed by atoms with Crippen molar-refractivity contribution in [2.45, 2.75) is 0 Å². The summed E-state index contributed by atoms with van der Waals surface area (Å²) in [5.41, 5.74) is 7.43. The molecule has 1 aliphatic rings. The minimum Gasteiger partial charge on any atom is -0.346 e. The zero-order valence-corrected chi connectivity index (χ0v) is 18.3. The van der Waals surface area contributed by atoms with Crippen molar-refractivity contribution in [1.29, 1.82) is 0 Å². The van der Waals surface area contributed by atoms with Crippen LogP contribution in [0.15, 0.2) is 60.0 Å². The van der Waals surface area contributed by atoms with Crippen LogP contribution in [-0.2, 0) is 4.79 Å². The third-order valence-electron chi connectivity index (χ3n) is 4.99. The standard InChI is InChI=1S/C22H22ClN5O2S/c23-18-8-6-17(7-9-18)21(30)26-25-20(29)14-27-10-12-28(13-11-27)22-24-19(15-31-22)16-4-2-1-3-5-16/h1-9,15H,10-14H2,(H,25,29)(H,26,30). The average Bonchev–Trinajstić information content (AvgIpc) is 3.29. The van der Waals surface area contributed by atoms with Crippen molar-refractivity contribution >= 4 is 39.9 Å². The lowest BCUT2D eigenvalue weighted by molar-refractivity contribution is -0.123. The summed E-state index contributed by atoms with van der Waals surface area (Å²) in [4.78, 5) is 33.3. The fourth-order valence-corrected chi connectivity index (χ4v) is 4.31. The molecule has 0 unspecified atom stereocenters. The predicted octanol–water partition coefficient (Wildman–Crippen LogP) is 3.05. The molecule has 0 aliphatic carbocycles. The van der Waals surface area contributed by atoms with Gasteiger partial charge in [0.2, 0.25) is 0 Å². The van der Waals surface area contributed by atoms with E-state index in [0.29, 0.717) is 10.6 Å². The number of thiazole rings is 1. The molecular weight excluding hydrogens is 434 g/mol. The van der Waals surface area contributed by atoms with Crippen molar-refractivity contribution in [2.24, 2.45) is 0 Å². The van der Waals surface area contributed by atoms with E-state index in [-0.39, 0.29) is 18.4 Å². The van der Waals surface area contributed by atoms with E-state index < -0.39 is 0 Å². The number of carbonyl (C=O) groups is 2. The van der Waals surface area contributed by atoms with E-state index in [1.165, 1.54) is 0 Å². The molecule has 1 aliphatic heterocycles. The van der Waals surface area contributed by atoms with Crippen LogP contribution in [0.1, 0.15) is 10.4 Å². The van der Waals surface area contributed by atoms with Crippen LogP contribution >= 0.6 is 22.9 Å². The van der Waals surface area contributed by atoms with E-state index in [2.05, 4.69) is 38.2 Å². The summed E-state index contributed by atoms with van der Waals surface area (Å²) in [5, 5.41) is 3.63. The fraction of sp³-hybridized carbons (Fsp3) is 0.227. The molecule has 0 spiro atoms. The summed E-state index contributed by atoms with van der Waals surface area (Å²) in [7, 11) is 0. The first-order valence-corrected chi connectivity index (χ1v) is 11.2. The van der Waals surface area contributed by atoms with Gasteiger partial charge in [0.15, 0.2) is 5.13 Å². The molecule has 0 saturated carbocycles. The number of rotatable bonds is 5. The number of amides is 2. The molecule has 31 heavy (non-hydrogen) atoms. The first-order chi connectivity index (χ1) is 15.1. The minimum absolute atomic E-state index is 0.224. The molecule has 2 N–H and O–H groups in total. The molecule has 1 fully saturated rings. The Bertz CT molecular complexity index is 1030. The molecule has 9 heteroatoms. The second kappa shape index (κ2) is 9.91. The maximum atomic E-state index is 12.2. The quantitative estimate of drug-likeness (QED) is 0.578. The smallest absolute Gasteiger partial charge is 0.269 e. The van der Waals surface area contributed by atoms with Gasteiger partial charge in [0.05, 0.1) is 12.2 Å². The number of nitrogens with zero attached hydrogens (tertiary/aromatic N) is 3. The highest BCUT2D eigenvalue weighted by Crippen LogP contribution is 2.27. The fourth-order valence-electron chi connectivity index (χ4n) is 3.29. The zero-order valence-electron chi connectivity index (χ0n) is 16.8. The Morgan fingerprint density at radius 2 is 1.68 bits per heavy atom. The number of halogens is 1. The lowest BCUT2D eigenvalue weighted by Crippen LogP contribution is -2.52. The van der Waals surface area contributed by atoms with Gasteiger partial charge in [0.25, 0.3) is 11.8 Å². The van der Waals surface area contributed by atoms with Crippen molar-refractivity contribution in [2.75, 3.05) is 37.6 Å². The lowest BCUT2D eigenvalue weighted by atomic mass is 10.2. The molecule has 2 aromatic carbocycles. The summed E-state index contributed by atoms with van der Waals surface area (Å²) in [6, 6.07) is 16.6. The van der Waals surface area contributed by atoms with Gasteiger partial charge in [-0.1, -0.05) is 41.9 Å². The van der Waals surface area contributed by atoms with Gasteiger partial charge in [-0.25, -0.2) is 4.98 Å². The van der Waals surface area contributed by atoms with E-state index in [1.807, 2.05) is 18.2 Å². The second-order valence-electron chi connectivity index (χ2n) is 7.15. The van der Waals surface area contributed by atoms with Gasteiger partial charge in [-0.05, 0) is 24.3 Å². The van der Waals surface area contributed by atoms with Gasteiger partial charge in [-0.2, -0.15) is 0 Å². The van der Waals surface area contributed by atoms with Crippen molar-refractivity contribution in [1.82, 2.24) is 20.7 Å². The van der Waals surface area contributed by atoms with E-state index in [1.54, 1.807) is 35.6 Å². The first-order valence-electron chi connectivity index (χ1n) is 9.91. The monoisotopic (exact) mass is 455 g/mol. The van der Waals surface area contributed by atoms with Crippen LogP contribution < -0.4 is 15.8 Å². The Kier molecular flexibility index (Phi) is 6.81. The van der Waals surface area contributed by atoms with E-state index in [4.69, 9.17) is 16.6 Å². The van der Waals surface area contributed by atoms with Crippen LogP contribution in [-0.4, -0.2) is 54.4 Å². The van der Waals surface area contributed by atoms with Crippen LogP contribution in [0.5, 0.6) is 0 Å². The summed E-state index contributed by atoms with van der Waals surface area (Å²) >= 11 is 7.45. The van der Waals surface area contributed by atoms with Crippen LogP contribution in [0.4, 0.5) is 5.13 Å². The Hall–Kier alpha value is -2.94. The maximum absolute atomic E-state index is 12.2. The molecule has 1 saturated heterocycles. The molecule has 2 heterocycles. The molecule has 0 radical (unpaired) electrons. The topological polar surface area (TPSA) is 77.6 Å². The number of nitrogens with one attached hydrogen (secondary N) is 2.